The third kappa shape index (κ3) is 5.22. The highest BCUT2D eigenvalue weighted by Gasteiger charge is 2.25. The second-order valence-corrected chi connectivity index (χ2v) is 14.6. The fourth-order valence-corrected chi connectivity index (χ4v) is 8.64. The van der Waals surface area contributed by atoms with Gasteiger partial charge in [0.25, 0.3) is 0 Å². The van der Waals surface area contributed by atoms with Crippen LogP contribution >= 0.6 is 0 Å². The van der Waals surface area contributed by atoms with Gasteiger partial charge in [-0.25, -0.2) is 9.97 Å². The van der Waals surface area contributed by atoms with Crippen molar-refractivity contribution < 1.29 is 4.42 Å². The highest BCUT2D eigenvalue weighted by atomic mass is 16.3. The van der Waals surface area contributed by atoms with Crippen molar-refractivity contribution in [2.75, 3.05) is 0 Å². The van der Waals surface area contributed by atoms with Gasteiger partial charge in [0.15, 0.2) is 17.2 Å². The molecule has 0 aliphatic heterocycles. The Morgan fingerprint density at radius 2 is 0.898 bits per heavy atom. The van der Waals surface area contributed by atoms with E-state index in [2.05, 4.69) is 143 Å². The molecule has 0 unspecified atom stereocenters. The minimum atomic E-state index is 0.527. The number of hydrogen-bond donors (Lipinski definition) is 0. The quantitative estimate of drug-likeness (QED) is 0.169. The molecule has 0 aliphatic carbocycles. The molecule has 12 rings (SSSR count). The van der Waals surface area contributed by atoms with E-state index in [0.29, 0.717) is 23.5 Å². The predicted octanol–water partition coefficient (Wildman–Crippen LogP) is 12.9. The summed E-state index contributed by atoms with van der Waals surface area (Å²) in [6, 6.07) is 66.8. The lowest BCUT2D eigenvalue weighted by Crippen LogP contribution is -2.07. The third-order valence-corrected chi connectivity index (χ3v) is 11.2. The van der Waals surface area contributed by atoms with E-state index in [1.807, 2.05) is 60.7 Å². The van der Waals surface area contributed by atoms with E-state index in [4.69, 9.17) is 24.4 Å². The van der Waals surface area contributed by atoms with E-state index in [1.165, 1.54) is 0 Å². The van der Waals surface area contributed by atoms with Gasteiger partial charge in [-0.3, -0.25) is 4.57 Å². The van der Waals surface area contributed by atoms with Crippen LogP contribution in [0.15, 0.2) is 199 Å². The summed E-state index contributed by atoms with van der Waals surface area (Å²) in [7, 11) is 0. The first kappa shape index (κ1) is 33.0. The molecule has 0 radical (unpaired) electrons. The largest absolute Gasteiger partial charge is 0.436 e. The first-order chi connectivity index (χ1) is 29.3. The molecule has 7 nitrogen and oxygen atoms in total. The summed E-state index contributed by atoms with van der Waals surface area (Å²) in [5.74, 6) is 2.27. The van der Waals surface area contributed by atoms with Gasteiger partial charge in [-0.2, -0.15) is 9.97 Å². The monoisotopic (exact) mass is 756 g/mol. The number of para-hydroxylation sites is 5. The van der Waals surface area contributed by atoms with Crippen LogP contribution in [0.5, 0.6) is 0 Å². The Balaban J connectivity index is 1.21. The zero-order valence-corrected chi connectivity index (χ0v) is 31.6. The van der Waals surface area contributed by atoms with Gasteiger partial charge >= 0.3 is 0 Å². The molecule has 0 N–H and O–H groups in total. The fourth-order valence-electron chi connectivity index (χ4n) is 8.64. The number of hydrogen-bond acceptors (Lipinski definition) is 5. The summed E-state index contributed by atoms with van der Waals surface area (Å²) >= 11 is 0. The maximum absolute atomic E-state index is 6.44. The molecule has 0 atom stereocenters. The number of oxazole rings is 1. The Hall–Kier alpha value is -8.16. The van der Waals surface area contributed by atoms with Gasteiger partial charge in [0.2, 0.25) is 11.8 Å². The number of fused-ring (bicyclic) bond motifs is 8. The van der Waals surface area contributed by atoms with E-state index in [1.54, 1.807) is 0 Å². The molecule has 0 fully saturated rings. The minimum absolute atomic E-state index is 0.527. The lowest BCUT2D eigenvalue weighted by atomic mass is 9.99. The Bertz CT molecular complexity index is 3530. The van der Waals surface area contributed by atoms with E-state index in [9.17, 15) is 0 Å². The van der Waals surface area contributed by atoms with Crippen molar-refractivity contribution in [2.24, 2.45) is 0 Å². The second-order valence-electron chi connectivity index (χ2n) is 14.6. The van der Waals surface area contributed by atoms with E-state index in [0.717, 1.165) is 88.2 Å². The standard InChI is InChI=1S/C52H32N6O/c1-3-17-33(18-4-1)35-21-7-8-24-40(35)50-54-49(34-19-5-2-6-20-34)55-52(56-50)58-44-28-14-10-23-37(44)39-32-31-38-36-22-9-13-27-43(36)57(47(38)48(39)58)45-29-15-11-25-41(45)51-53-42-26-12-16-30-46(42)59-51/h1-32H. The van der Waals surface area contributed by atoms with Crippen LogP contribution in [0, 0.1) is 0 Å². The van der Waals surface area contributed by atoms with Crippen molar-refractivity contribution in [1.29, 1.82) is 0 Å². The maximum Gasteiger partial charge on any atom is 0.238 e. The van der Waals surface area contributed by atoms with Gasteiger partial charge in [-0.05, 0) is 47.5 Å². The molecule has 0 spiro atoms. The lowest BCUT2D eigenvalue weighted by Gasteiger charge is -2.15. The molecule has 0 saturated carbocycles. The third-order valence-electron chi connectivity index (χ3n) is 11.2. The molecule has 0 aliphatic rings. The van der Waals surface area contributed by atoms with Crippen LogP contribution in [0.2, 0.25) is 0 Å². The molecule has 0 amide bonds. The van der Waals surface area contributed by atoms with E-state index < -0.39 is 0 Å². The summed E-state index contributed by atoms with van der Waals surface area (Å²) < 4.78 is 11.0. The molecule has 276 valence electrons. The number of rotatable bonds is 6. The fraction of sp³-hybridized carbons (Fsp3) is 0. The van der Waals surface area contributed by atoms with E-state index in [-0.39, 0.29) is 0 Å². The molecule has 59 heavy (non-hydrogen) atoms. The van der Waals surface area contributed by atoms with Gasteiger partial charge in [-0.1, -0.05) is 158 Å². The van der Waals surface area contributed by atoms with Crippen molar-refractivity contribution in [3.05, 3.63) is 194 Å². The minimum Gasteiger partial charge on any atom is -0.436 e. The predicted molar refractivity (Wildman–Crippen MR) is 238 cm³/mol. The number of benzene rings is 8. The normalized spacial score (nSPS) is 11.7. The number of aromatic nitrogens is 6. The maximum atomic E-state index is 6.44. The average molecular weight is 757 g/mol. The van der Waals surface area contributed by atoms with Gasteiger partial charge in [0, 0.05) is 32.7 Å². The molecule has 4 aromatic heterocycles. The van der Waals surface area contributed by atoms with Crippen LogP contribution in [-0.2, 0) is 0 Å². The molecule has 8 aromatic carbocycles. The van der Waals surface area contributed by atoms with Crippen LogP contribution in [-0.4, -0.2) is 29.1 Å². The lowest BCUT2D eigenvalue weighted by molar-refractivity contribution is 0.619. The topological polar surface area (TPSA) is 74.6 Å². The first-order valence-electron chi connectivity index (χ1n) is 19.7. The molecule has 0 bridgehead atoms. The Kier molecular flexibility index (Phi) is 7.40. The molecule has 12 aromatic rings. The van der Waals surface area contributed by atoms with Crippen molar-refractivity contribution in [3.8, 4) is 57.0 Å². The Morgan fingerprint density at radius 1 is 0.356 bits per heavy atom. The molecule has 4 heterocycles. The summed E-state index contributed by atoms with van der Waals surface area (Å²) in [4.78, 5) is 20.9. The number of nitrogens with zero attached hydrogens (tertiary/aromatic N) is 6. The highest BCUT2D eigenvalue weighted by Crippen LogP contribution is 2.43. The zero-order valence-electron chi connectivity index (χ0n) is 31.6. The SMILES string of the molecule is c1ccc(-c2nc(-c3ccccc3-c3ccccc3)nc(-n3c4ccccc4c4ccc5c6ccccc6n(-c6ccccc6-c6nc7ccccc7o6)c5c43)n2)cc1. The van der Waals surface area contributed by atoms with Crippen molar-refractivity contribution in [2.45, 2.75) is 0 Å². The van der Waals surface area contributed by atoms with Crippen molar-refractivity contribution >= 4 is 54.7 Å². The van der Waals surface area contributed by atoms with Gasteiger partial charge in [-0.15, -0.1) is 0 Å². The van der Waals surface area contributed by atoms with Gasteiger partial charge < -0.3 is 8.98 Å². The summed E-state index contributed by atoms with van der Waals surface area (Å²) in [5, 5.41) is 4.42. The molecular formula is C52H32N6O. The van der Waals surface area contributed by atoms with E-state index >= 15 is 0 Å². The second kappa shape index (κ2) is 13.2. The first-order valence-corrected chi connectivity index (χ1v) is 19.7. The Labute approximate surface area is 338 Å². The zero-order chi connectivity index (χ0) is 38.9. The summed E-state index contributed by atoms with van der Waals surface area (Å²) in [5.41, 5.74) is 11.4. The smallest absolute Gasteiger partial charge is 0.238 e. The molecule has 0 saturated heterocycles. The van der Waals surface area contributed by atoms with Crippen LogP contribution < -0.4 is 0 Å². The van der Waals surface area contributed by atoms with Crippen LogP contribution in [0.1, 0.15) is 0 Å². The average Bonchev–Trinajstić information content (AvgIpc) is 4.00. The van der Waals surface area contributed by atoms with Crippen LogP contribution in [0.25, 0.3) is 112 Å². The van der Waals surface area contributed by atoms with Crippen molar-refractivity contribution in [3.63, 3.8) is 0 Å². The summed E-state index contributed by atoms with van der Waals surface area (Å²) in [6.07, 6.45) is 0. The van der Waals surface area contributed by atoms with Crippen LogP contribution in [0.4, 0.5) is 0 Å². The van der Waals surface area contributed by atoms with Gasteiger partial charge in [0.05, 0.1) is 33.3 Å². The molecular weight excluding hydrogens is 725 g/mol. The molecule has 7 heteroatoms. The highest BCUT2D eigenvalue weighted by molar-refractivity contribution is 6.24. The van der Waals surface area contributed by atoms with Crippen LogP contribution in [0.3, 0.4) is 0 Å². The van der Waals surface area contributed by atoms with Crippen molar-refractivity contribution in [1.82, 2.24) is 29.1 Å². The van der Waals surface area contributed by atoms with Gasteiger partial charge in [0.1, 0.15) is 5.52 Å². The summed E-state index contributed by atoms with van der Waals surface area (Å²) in [6.45, 7) is 0. The Morgan fingerprint density at radius 3 is 1.63 bits per heavy atom.